The summed E-state index contributed by atoms with van der Waals surface area (Å²) in [5, 5.41) is 10.9. The zero-order valence-electron chi connectivity index (χ0n) is 15.9. The Morgan fingerprint density at radius 2 is 1.79 bits per heavy atom. The fraction of sp³-hybridized carbons (Fsp3) is 0.632. The molecule has 0 saturated heterocycles. The minimum Gasteiger partial charge on any atom is -0.360 e. The van der Waals surface area contributed by atoms with Crippen molar-refractivity contribution in [1.82, 2.24) is 4.90 Å². The van der Waals surface area contributed by atoms with Crippen molar-refractivity contribution in [3.63, 3.8) is 0 Å². The van der Waals surface area contributed by atoms with E-state index in [0.717, 1.165) is 43.0 Å². The van der Waals surface area contributed by atoms with Crippen molar-refractivity contribution >= 4 is 17.2 Å². The highest BCUT2D eigenvalue weighted by molar-refractivity contribution is 5.85. The maximum absolute atomic E-state index is 10.9. The molecule has 1 rings (SSSR count). The Kier molecular flexibility index (Phi) is 7.89. The molecule has 1 aromatic rings. The Morgan fingerprint density at radius 1 is 1.21 bits per heavy atom. The standard InChI is InChI=1S/C19H31N3O2/c1-7-8-19(21(12-14(2)3)13-15(4)5)20-18-10-9-17(22(23)24)11-16(18)6/h9-11,14-15H,7-8,12-13H2,1-6H3. The van der Waals surface area contributed by atoms with Gasteiger partial charge in [-0.1, -0.05) is 34.6 Å². The molecule has 0 aromatic heterocycles. The second-order valence-electron chi connectivity index (χ2n) is 7.20. The third-order valence-corrected chi connectivity index (χ3v) is 3.65. The van der Waals surface area contributed by atoms with E-state index in [9.17, 15) is 10.1 Å². The molecule has 0 unspecified atom stereocenters. The van der Waals surface area contributed by atoms with Gasteiger partial charge in [0.2, 0.25) is 0 Å². The van der Waals surface area contributed by atoms with Gasteiger partial charge in [0.1, 0.15) is 5.84 Å². The normalized spacial score (nSPS) is 12.1. The number of amidine groups is 1. The van der Waals surface area contributed by atoms with Gasteiger partial charge in [0.15, 0.2) is 0 Å². The molecular formula is C19H31N3O2. The average Bonchev–Trinajstić information content (AvgIpc) is 2.46. The van der Waals surface area contributed by atoms with Gasteiger partial charge in [-0.25, -0.2) is 4.99 Å². The molecular weight excluding hydrogens is 302 g/mol. The van der Waals surface area contributed by atoms with Gasteiger partial charge in [0.05, 0.1) is 10.6 Å². The van der Waals surface area contributed by atoms with Crippen molar-refractivity contribution in [2.75, 3.05) is 13.1 Å². The first kappa shape index (κ1) is 20.1. The summed E-state index contributed by atoms with van der Waals surface area (Å²) in [6.45, 7) is 14.8. The molecule has 134 valence electrons. The van der Waals surface area contributed by atoms with Crippen molar-refractivity contribution in [3.8, 4) is 0 Å². The monoisotopic (exact) mass is 333 g/mol. The third kappa shape index (κ3) is 6.30. The summed E-state index contributed by atoms with van der Waals surface area (Å²) in [5.41, 5.74) is 1.78. The van der Waals surface area contributed by atoms with Crippen molar-refractivity contribution in [2.24, 2.45) is 16.8 Å². The lowest BCUT2D eigenvalue weighted by atomic mass is 10.1. The molecule has 0 amide bonds. The van der Waals surface area contributed by atoms with Crippen LogP contribution < -0.4 is 0 Å². The lowest BCUT2D eigenvalue weighted by molar-refractivity contribution is -0.384. The summed E-state index contributed by atoms with van der Waals surface area (Å²) in [4.78, 5) is 17.8. The Hall–Kier alpha value is -1.91. The van der Waals surface area contributed by atoms with Gasteiger partial charge in [-0.15, -0.1) is 0 Å². The van der Waals surface area contributed by atoms with Gasteiger partial charge in [-0.2, -0.15) is 0 Å². The first-order chi connectivity index (χ1) is 11.2. The molecule has 0 aliphatic heterocycles. The Balaban J connectivity index is 3.20. The van der Waals surface area contributed by atoms with Crippen LogP contribution in [0.15, 0.2) is 23.2 Å². The zero-order chi connectivity index (χ0) is 18.3. The van der Waals surface area contributed by atoms with Crippen LogP contribution in [-0.4, -0.2) is 28.7 Å². The Labute approximate surface area is 145 Å². The SMILES string of the molecule is CCCC(=Nc1ccc([N+](=O)[O-])cc1C)N(CC(C)C)CC(C)C. The second kappa shape index (κ2) is 9.40. The maximum atomic E-state index is 10.9. The van der Waals surface area contributed by atoms with E-state index in [1.165, 1.54) is 6.07 Å². The number of non-ortho nitro benzene ring substituents is 1. The Bertz CT molecular complexity index is 570. The van der Waals surface area contributed by atoms with Gasteiger partial charge < -0.3 is 4.90 Å². The quantitative estimate of drug-likeness (QED) is 0.279. The lowest BCUT2D eigenvalue weighted by Gasteiger charge is -2.30. The lowest BCUT2D eigenvalue weighted by Crippen LogP contribution is -2.37. The van der Waals surface area contributed by atoms with Crippen molar-refractivity contribution < 1.29 is 4.92 Å². The smallest absolute Gasteiger partial charge is 0.269 e. The van der Waals surface area contributed by atoms with E-state index >= 15 is 0 Å². The fourth-order valence-electron chi connectivity index (χ4n) is 2.69. The van der Waals surface area contributed by atoms with Crippen molar-refractivity contribution in [1.29, 1.82) is 0 Å². The molecule has 0 bridgehead atoms. The molecule has 0 aliphatic rings. The van der Waals surface area contributed by atoms with Gasteiger partial charge in [0.25, 0.3) is 5.69 Å². The zero-order valence-corrected chi connectivity index (χ0v) is 15.9. The molecule has 0 N–H and O–H groups in total. The number of benzene rings is 1. The topological polar surface area (TPSA) is 58.7 Å². The van der Waals surface area contributed by atoms with Crippen LogP contribution in [0.4, 0.5) is 11.4 Å². The number of rotatable bonds is 8. The number of hydrogen-bond donors (Lipinski definition) is 0. The summed E-state index contributed by atoms with van der Waals surface area (Å²) in [6, 6.07) is 4.88. The fourth-order valence-corrected chi connectivity index (χ4v) is 2.69. The summed E-state index contributed by atoms with van der Waals surface area (Å²) in [7, 11) is 0. The number of aliphatic imine (C=N–C) groups is 1. The van der Waals surface area contributed by atoms with E-state index in [2.05, 4.69) is 39.5 Å². The van der Waals surface area contributed by atoms with Crippen LogP contribution in [0.2, 0.25) is 0 Å². The van der Waals surface area contributed by atoms with E-state index in [-0.39, 0.29) is 10.6 Å². The molecule has 0 saturated carbocycles. The van der Waals surface area contributed by atoms with Crippen molar-refractivity contribution in [2.45, 2.75) is 54.4 Å². The van der Waals surface area contributed by atoms with Crippen LogP contribution in [0.5, 0.6) is 0 Å². The van der Waals surface area contributed by atoms with E-state index in [4.69, 9.17) is 4.99 Å². The number of nitrogens with zero attached hydrogens (tertiary/aromatic N) is 3. The summed E-state index contributed by atoms with van der Waals surface area (Å²) < 4.78 is 0. The number of aryl methyl sites for hydroxylation is 1. The van der Waals surface area contributed by atoms with Gasteiger partial charge in [-0.05, 0) is 36.8 Å². The first-order valence-corrected chi connectivity index (χ1v) is 8.82. The van der Waals surface area contributed by atoms with Crippen LogP contribution in [-0.2, 0) is 0 Å². The van der Waals surface area contributed by atoms with E-state index < -0.39 is 0 Å². The highest BCUT2D eigenvalue weighted by atomic mass is 16.6. The van der Waals surface area contributed by atoms with Crippen molar-refractivity contribution in [3.05, 3.63) is 33.9 Å². The minimum absolute atomic E-state index is 0.115. The van der Waals surface area contributed by atoms with Crippen LogP contribution in [0.25, 0.3) is 0 Å². The third-order valence-electron chi connectivity index (χ3n) is 3.65. The number of nitro groups is 1. The van der Waals surface area contributed by atoms with Crippen LogP contribution in [0, 0.1) is 28.9 Å². The number of hydrogen-bond acceptors (Lipinski definition) is 3. The summed E-state index contributed by atoms with van der Waals surface area (Å²) in [5.74, 6) is 2.20. The molecule has 1 aromatic carbocycles. The molecule has 0 fully saturated rings. The highest BCUT2D eigenvalue weighted by Crippen LogP contribution is 2.25. The molecule has 24 heavy (non-hydrogen) atoms. The minimum atomic E-state index is -0.364. The highest BCUT2D eigenvalue weighted by Gasteiger charge is 2.15. The number of nitro benzene ring substituents is 1. The van der Waals surface area contributed by atoms with E-state index in [1.807, 2.05) is 6.92 Å². The molecule has 0 aliphatic carbocycles. The first-order valence-electron chi connectivity index (χ1n) is 8.82. The predicted molar refractivity (Wildman–Crippen MR) is 101 cm³/mol. The largest absolute Gasteiger partial charge is 0.360 e. The van der Waals surface area contributed by atoms with Gasteiger partial charge in [0, 0.05) is 31.6 Å². The van der Waals surface area contributed by atoms with E-state index in [1.54, 1.807) is 12.1 Å². The molecule has 0 spiro atoms. The molecule has 0 radical (unpaired) electrons. The van der Waals surface area contributed by atoms with Gasteiger partial charge >= 0.3 is 0 Å². The summed E-state index contributed by atoms with van der Waals surface area (Å²) in [6.07, 6.45) is 1.94. The average molecular weight is 333 g/mol. The maximum Gasteiger partial charge on any atom is 0.269 e. The summed E-state index contributed by atoms with van der Waals surface area (Å²) >= 11 is 0. The van der Waals surface area contributed by atoms with Crippen LogP contribution >= 0.6 is 0 Å². The predicted octanol–water partition coefficient (Wildman–Crippen LogP) is 5.35. The Morgan fingerprint density at radius 3 is 2.21 bits per heavy atom. The second-order valence-corrected chi connectivity index (χ2v) is 7.20. The molecule has 5 heteroatoms. The van der Waals surface area contributed by atoms with Crippen LogP contribution in [0.1, 0.15) is 53.0 Å². The van der Waals surface area contributed by atoms with E-state index in [0.29, 0.717) is 11.8 Å². The van der Waals surface area contributed by atoms with Crippen LogP contribution in [0.3, 0.4) is 0 Å². The van der Waals surface area contributed by atoms with Gasteiger partial charge in [-0.3, -0.25) is 10.1 Å². The molecule has 5 nitrogen and oxygen atoms in total. The molecule has 0 heterocycles. The molecule has 0 atom stereocenters.